The minimum Gasteiger partial charge on any atom is -0.316 e. The smallest absolute Gasteiger partial charge is 0.316 e. The van der Waals surface area contributed by atoms with Crippen molar-refractivity contribution in [3.05, 3.63) is 0 Å². The summed E-state index contributed by atoms with van der Waals surface area (Å²) in [6.45, 7) is -1.97. The van der Waals surface area contributed by atoms with Gasteiger partial charge in [-0.05, 0) is 12.8 Å². The van der Waals surface area contributed by atoms with Crippen molar-refractivity contribution in [2.45, 2.75) is 43.6 Å². The van der Waals surface area contributed by atoms with E-state index < -0.39 is 66.1 Å². The number of rotatable bonds is 9. The van der Waals surface area contributed by atoms with Gasteiger partial charge in [-0.15, -0.1) is 0 Å². The van der Waals surface area contributed by atoms with Crippen LogP contribution in [0.1, 0.15) is 19.8 Å². The van der Waals surface area contributed by atoms with Crippen molar-refractivity contribution in [3.8, 4) is 0 Å². The van der Waals surface area contributed by atoms with Crippen LogP contribution < -0.4 is 0 Å². The highest BCUT2D eigenvalue weighted by molar-refractivity contribution is 7.85. The zero-order chi connectivity index (χ0) is 18.0. The van der Waals surface area contributed by atoms with E-state index in [1.807, 2.05) is 0 Å². The molecule has 0 heterocycles. The van der Waals surface area contributed by atoms with Crippen molar-refractivity contribution >= 4 is 10.1 Å². The minimum absolute atomic E-state index is 0.499. The molecule has 22 heavy (non-hydrogen) atoms. The maximum absolute atomic E-state index is 12.9. The summed E-state index contributed by atoms with van der Waals surface area (Å²) < 4.78 is 134. The number of alkyl halides is 8. The quantitative estimate of drug-likeness (QED) is 0.386. The Balaban J connectivity index is 4.79. The number of halogens is 8. The van der Waals surface area contributed by atoms with Gasteiger partial charge in [-0.3, -0.25) is 4.55 Å². The summed E-state index contributed by atoms with van der Waals surface area (Å²) in [5.41, 5.74) is 0. The molecule has 0 aliphatic rings. The molecule has 0 aromatic rings. The topological polar surface area (TPSA) is 63.6 Å². The summed E-state index contributed by atoms with van der Waals surface area (Å²) >= 11 is 0. The predicted octanol–water partition coefficient (Wildman–Crippen LogP) is 3.19. The SMILES string of the molecule is CC(F)(F)C(F)(F)C(F)(F)C(F)(F)OCCCCS(=O)(=O)O. The Bertz CT molecular complexity index is 470. The van der Waals surface area contributed by atoms with E-state index in [-0.39, 0.29) is 0 Å². The maximum Gasteiger partial charge on any atom is 0.426 e. The van der Waals surface area contributed by atoms with Gasteiger partial charge in [0.1, 0.15) is 0 Å². The number of ether oxygens (including phenoxy) is 1. The van der Waals surface area contributed by atoms with Crippen LogP contribution in [0.2, 0.25) is 0 Å². The molecule has 0 aromatic carbocycles. The molecule has 0 radical (unpaired) electrons. The van der Waals surface area contributed by atoms with Gasteiger partial charge in [0, 0.05) is 6.92 Å². The first-order valence-electron chi connectivity index (χ1n) is 5.56. The third-order valence-electron chi connectivity index (χ3n) is 2.39. The minimum atomic E-state index is -6.50. The molecule has 0 aromatic heterocycles. The molecule has 0 atom stereocenters. The fraction of sp³-hybridized carbons (Fsp3) is 1.00. The molecule has 0 aliphatic heterocycles. The Labute approximate surface area is 120 Å². The second kappa shape index (κ2) is 6.43. The van der Waals surface area contributed by atoms with Crippen molar-refractivity contribution in [3.63, 3.8) is 0 Å². The van der Waals surface area contributed by atoms with Gasteiger partial charge < -0.3 is 4.74 Å². The van der Waals surface area contributed by atoms with E-state index in [2.05, 4.69) is 4.74 Å². The van der Waals surface area contributed by atoms with E-state index in [1.54, 1.807) is 0 Å². The van der Waals surface area contributed by atoms with Crippen LogP contribution in [0, 0.1) is 0 Å². The molecule has 0 amide bonds. The third-order valence-corrected chi connectivity index (χ3v) is 3.20. The Kier molecular flexibility index (Phi) is 6.23. The van der Waals surface area contributed by atoms with E-state index >= 15 is 0 Å². The van der Waals surface area contributed by atoms with Gasteiger partial charge in [0.15, 0.2) is 0 Å². The summed E-state index contributed by atoms with van der Waals surface area (Å²) in [7, 11) is -4.42. The molecule has 13 heteroatoms. The van der Waals surface area contributed by atoms with Crippen molar-refractivity contribution in [2.75, 3.05) is 12.4 Å². The Hall–Kier alpha value is -0.690. The summed E-state index contributed by atoms with van der Waals surface area (Å²) in [6.07, 6.45) is -7.03. The Morgan fingerprint density at radius 3 is 1.73 bits per heavy atom. The van der Waals surface area contributed by atoms with Gasteiger partial charge in [-0.1, -0.05) is 0 Å². The first-order chi connectivity index (χ1) is 9.46. The molecule has 0 spiro atoms. The first-order valence-corrected chi connectivity index (χ1v) is 7.17. The number of hydrogen-bond acceptors (Lipinski definition) is 3. The van der Waals surface area contributed by atoms with Gasteiger partial charge in [-0.25, -0.2) is 0 Å². The molecule has 0 aliphatic carbocycles. The van der Waals surface area contributed by atoms with Crippen molar-refractivity contribution in [1.29, 1.82) is 0 Å². The van der Waals surface area contributed by atoms with Crippen LogP contribution in [0.4, 0.5) is 35.1 Å². The molecule has 1 N–H and O–H groups in total. The lowest BCUT2D eigenvalue weighted by Crippen LogP contribution is -2.62. The predicted molar refractivity (Wildman–Crippen MR) is 57.1 cm³/mol. The van der Waals surface area contributed by atoms with Crippen molar-refractivity contribution in [2.24, 2.45) is 0 Å². The molecular formula is C9H12F8O4S. The second-order valence-electron chi connectivity index (χ2n) is 4.40. The van der Waals surface area contributed by atoms with Gasteiger partial charge in [0.2, 0.25) is 0 Å². The summed E-state index contributed by atoms with van der Waals surface area (Å²) in [6, 6.07) is 0. The van der Waals surface area contributed by atoms with Gasteiger partial charge >= 0.3 is 23.9 Å². The fourth-order valence-corrected chi connectivity index (χ4v) is 1.70. The second-order valence-corrected chi connectivity index (χ2v) is 5.97. The Morgan fingerprint density at radius 1 is 0.909 bits per heavy atom. The van der Waals surface area contributed by atoms with Crippen LogP contribution in [-0.2, 0) is 14.9 Å². The van der Waals surface area contributed by atoms with E-state index in [4.69, 9.17) is 4.55 Å². The third kappa shape index (κ3) is 4.91. The largest absolute Gasteiger partial charge is 0.426 e. The number of unbranched alkanes of at least 4 members (excludes halogenated alkanes) is 1. The summed E-state index contributed by atoms with van der Waals surface area (Å²) in [4.78, 5) is 0. The van der Waals surface area contributed by atoms with Crippen LogP contribution in [-0.4, -0.2) is 49.2 Å². The molecule has 4 nitrogen and oxygen atoms in total. The standard InChI is InChI=1S/C9H12F8O4S/c1-6(10,11)7(12,13)8(14,15)9(16,17)21-4-2-3-5-22(18,19)20/h2-5H2,1H3,(H,18,19,20). The molecule has 0 unspecified atom stereocenters. The van der Waals surface area contributed by atoms with Crippen LogP contribution >= 0.6 is 0 Å². The highest BCUT2D eigenvalue weighted by Gasteiger charge is 2.80. The summed E-state index contributed by atoms with van der Waals surface area (Å²) in [5.74, 6) is -19.2. The maximum atomic E-state index is 12.9. The highest BCUT2D eigenvalue weighted by Crippen LogP contribution is 2.52. The molecule has 134 valence electrons. The van der Waals surface area contributed by atoms with Crippen LogP contribution in [0.25, 0.3) is 0 Å². The molecule has 0 saturated carbocycles. The zero-order valence-corrected chi connectivity index (χ0v) is 11.7. The van der Waals surface area contributed by atoms with Crippen molar-refractivity contribution in [1.82, 2.24) is 0 Å². The van der Waals surface area contributed by atoms with E-state index in [0.29, 0.717) is 0 Å². The normalized spacial score (nSPS) is 15.2. The first kappa shape index (κ1) is 21.3. The fourth-order valence-electron chi connectivity index (χ4n) is 1.14. The highest BCUT2D eigenvalue weighted by atomic mass is 32.2. The lowest BCUT2D eigenvalue weighted by atomic mass is 10.1. The summed E-state index contributed by atoms with van der Waals surface area (Å²) in [5, 5.41) is 0. The van der Waals surface area contributed by atoms with Crippen LogP contribution in [0.15, 0.2) is 0 Å². The molecular weight excluding hydrogens is 356 g/mol. The lowest BCUT2D eigenvalue weighted by molar-refractivity contribution is -0.425. The van der Waals surface area contributed by atoms with Crippen molar-refractivity contribution < 1.29 is 52.8 Å². The average Bonchev–Trinajstić information content (AvgIpc) is 2.24. The lowest BCUT2D eigenvalue weighted by Gasteiger charge is -2.34. The molecule has 0 fully saturated rings. The number of hydrogen-bond donors (Lipinski definition) is 1. The van der Waals surface area contributed by atoms with Crippen LogP contribution in [0.5, 0.6) is 0 Å². The van der Waals surface area contributed by atoms with Gasteiger partial charge in [0.25, 0.3) is 10.1 Å². The van der Waals surface area contributed by atoms with Crippen LogP contribution in [0.3, 0.4) is 0 Å². The average molecular weight is 368 g/mol. The van der Waals surface area contributed by atoms with Gasteiger partial charge in [-0.2, -0.15) is 43.5 Å². The molecule has 0 bridgehead atoms. The van der Waals surface area contributed by atoms with E-state index in [1.165, 1.54) is 0 Å². The van der Waals surface area contributed by atoms with Gasteiger partial charge in [0.05, 0.1) is 12.4 Å². The zero-order valence-electron chi connectivity index (χ0n) is 10.9. The molecule has 0 saturated heterocycles. The monoisotopic (exact) mass is 368 g/mol. The van der Waals surface area contributed by atoms with E-state index in [9.17, 15) is 43.5 Å². The Morgan fingerprint density at radius 2 is 1.36 bits per heavy atom. The molecule has 0 rings (SSSR count). The van der Waals surface area contributed by atoms with E-state index in [0.717, 1.165) is 0 Å².